The molecule has 0 radical (unpaired) electrons. The number of amides is 1. The van der Waals surface area contributed by atoms with Crippen molar-refractivity contribution in [3.63, 3.8) is 0 Å². The minimum absolute atomic E-state index is 0.0793. The molecule has 0 aliphatic carbocycles. The van der Waals surface area contributed by atoms with Crippen LogP contribution in [0, 0.1) is 11.8 Å². The van der Waals surface area contributed by atoms with Crippen molar-refractivity contribution in [2.75, 3.05) is 13.1 Å². The van der Waals surface area contributed by atoms with E-state index in [-0.39, 0.29) is 12.0 Å². The van der Waals surface area contributed by atoms with Crippen LogP contribution in [0.4, 0.5) is 0 Å². The van der Waals surface area contributed by atoms with E-state index in [0.29, 0.717) is 23.3 Å². The Hall–Kier alpha value is -2.89. The molecule has 3 rings (SSSR count). The number of carbonyl (C=O) groups is 1. The number of fused-ring (bicyclic) bond motifs is 1. The Morgan fingerprint density at radius 1 is 1.00 bits per heavy atom. The van der Waals surface area contributed by atoms with Crippen LogP contribution in [0.5, 0.6) is 5.88 Å². The summed E-state index contributed by atoms with van der Waals surface area (Å²) in [7, 11) is 1.92. The fourth-order valence-electron chi connectivity index (χ4n) is 3.76. The zero-order chi connectivity index (χ0) is 24.1. The Bertz CT molecular complexity index is 1060. The largest absolute Gasteiger partial charge is 0.475 e. The lowest BCUT2D eigenvalue weighted by Crippen LogP contribution is -2.34. The predicted molar refractivity (Wildman–Crippen MR) is 135 cm³/mol. The molecule has 178 valence electrons. The van der Waals surface area contributed by atoms with E-state index < -0.39 is 0 Å². The zero-order valence-electron chi connectivity index (χ0n) is 21.1. The Kier molecular flexibility index (Phi) is 8.11. The van der Waals surface area contributed by atoms with Crippen LogP contribution >= 0.6 is 0 Å². The molecule has 0 saturated heterocycles. The second-order valence-corrected chi connectivity index (χ2v) is 9.91. The number of carbonyl (C=O) groups excluding carboxylic acids is 1. The van der Waals surface area contributed by atoms with Crippen LogP contribution < -0.4 is 4.74 Å². The molecule has 0 saturated carbocycles. The van der Waals surface area contributed by atoms with Gasteiger partial charge in [-0.15, -0.1) is 0 Å². The Balaban J connectivity index is 1.88. The summed E-state index contributed by atoms with van der Waals surface area (Å²) in [6.07, 6.45) is 3.88. The number of ether oxygens (including phenoxy) is 1. The third-order valence-corrected chi connectivity index (χ3v) is 5.70. The predicted octanol–water partition coefficient (Wildman–Crippen LogP) is 5.96. The fourth-order valence-corrected chi connectivity index (χ4v) is 3.76. The monoisotopic (exact) mass is 450 g/mol. The molecular formula is C27H38N4O2. The molecule has 0 atom stereocenters. The quantitative estimate of drug-likeness (QED) is 0.382. The second kappa shape index (κ2) is 10.8. The van der Waals surface area contributed by atoms with Crippen LogP contribution in [0.2, 0.25) is 0 Å². The summed E-state index contributed by atoms with van der Waals surface area (Å²) >= 11 is 0. The smallest absolute Gasteiger partial charge is 0.253 e. The molecule has 6 heteroatoms. The van der Waals surface area contributed by atoms with Crippen LogP contribution in [-0.2, 0) is 7.05 Å². The Morgan fingerprint density at radius 3 is 2.21 bits per heavy atom. The molecule has 3 aromatic rings. The first-order chi connectivity index (χ1) is 15.7. The van der Waals surface area contributed by atoms with Crippen molar-refractivity contribution in [2.24, 2.45) is 18.9 Å². The molecule has 0 spiro atoms. The van der Waals surface area contributed by atoms with Gasteiger partial charge in [-0.3, -0.25) is 9.48 Å². The normalized spacial score (nSPS) is 11.7. The topological polar surface area (TPSA) is 60.3 Å². The molecule has 33 heavy (non-hydrogen) atoms. The van der Waals surface area contributed by atoms with Crippen molar-refractivity contribution in [3.8, 4) is 17.1 Å². The molecule has 6 nitrogen and oxygen atoms in total. The van der Waals surface area contributed by atoms with Gasteiger partial charge in [0.05, 0.1) is 11.6 Å². The number of pyridine rings is 1. The number of hydrogen-bond donors (Lipinski definition) is 0. The van der Waals surface area contributed by atoms with Crippen molar-refractivity contribution in [3.05, 3.63) is 42.1 Å². The van der Waals surface area contributed by atoms with Crippen molar-refractivity contribution in [1.29, 1.82) is 0 Å². The van der Waals surface area contributed by atoms with Crippen molar-refractivity contribution >= 4 is 16.8 Å². The summed E-state index contributed by atoms with van der Waals surface area (Å²) < 4.78 is 7.49. The van der Waals surface area contributed by atoms with E-state index in [2.05, 4.69) is 32.7 Å². The van der Waals surface area contributed by atoms with Crippen LogP contribution in [0.25, 0.3) is 22.2 Å². The second-order valence-electron chi connectivity index (χ2n) is 9.91. The van der Waals surface area contributed by atoms with Crippen molar-refractivity contribution in [1.82, 2.24) is 19.7 Å². The van der Waals surface area contributed by atoms with Crippen LogP contribution in [0.1, 0.15) is 64.7 Å². The Morgan fingerprint density at radius 2 is 1.67 bits per heavy atom. The van der Waals surface area contributed by atoms with E-state index >= 15 is 0 Å². The van der Waals surface area contributed by atoms with Crippen molar-refractivity contribution < 1.29 is 9.53 Å². The minimum Gasteiger partial charge on any atom is -0.475 e. The van der Waals surface area contributed by atoms with E-state index in [0.717, 1.165) is 48.1 Å². The summed E-state index contributed by atoms with van der Waals surface area (Å²) in [5.74, 6) is 1.82. The Labute approximate surface area is 198 Å². The lowest BCUT2D eigenvalue weighted by atomic mass is 10.1. The first kappa shape index (κ1) is 24.7. The van der Waals surface area contributed by atoms with Gasteiger partial charge in [-0.2, -0.15) is 5.10 Å². The lowest BCUT2D eigenvalue weighted by Gasteiger charge is -2.24. The molecule has 0 aliphatic rings. The minimum atomic E-state index is 0.0793. The average Bonchev–Trinajstić information content (AvgIpc) is 3.09. The average molecular weight is 451 g/mol. The molecular weight excluding hydrogens is 412 g/mol. The summed E-state index contributed by atoms with van der Waals surface area (Å²) in [5.41, 5.74) is 3.42. The third kappa shape index (κ3) is 6.34. The lowest BCUT2D eigenvalue weighted by molar-refractivity contribution is 0.0741. The standard InChI is InChI=1S/C27H38N4O2/c1-18(2)12-14-31(15-13-19(3)4)27(32)21-8-10-23-24(16-21)30(7)29-26(23)22-9-11-25(28-17-22)33-20(5)6/h8-11,16-20H,12-15H2,1-7H3. The molecule has 0 aliphatic heterocycles. The van der Waals surface area contributed by atoms with Crippen LogP contribution in [0.15, 0.2) is 36.5 Å². The molecule has 0 bridgehead atoms. The number of rotatable bonds is 10. The summed E-state index contributed by atoms with van der Waals surface area (Å²) in [6, 6.07) is 9.75. The first-order valence-corrected chi connectivity index (χ1v) is 12.0. The molecule has 1 aromatic carbocycles. The maximum Gasteiger partial charge on any atom is 0.253 e. The third-order valence-electron chi connectivity index (χ3n) is 5.70. The molecule has 2 heterocycles. The summed E-state index contributed by atoms with van der Waals surface area (Å²) in [5, 5.41) is 5.73. The number of benzene rings is 1. The van der Waals surface area contributed by atoms with Gasteiger partial charge in [-0.05, 0) is 62.8 Å². The number of hydrogen-bond acceptors (Lipinski definition) is 4. The van der Waals surface area contributed by atoms with Gasteiger partial charge in [0.2, 0.25) is 5.88 Å². The molecule has 0 N–H and O–H groups in total. The maximum atomic E-state index is 13.4. The van der Waals surface area contributed by atoms with Gasteiger partial charge in [0.25, 0.3) is 5.91 Å². The number of aromatic nitrogens is 3. The zero-order valence-corrected chi connectivity index (χ0v) is 21.1. The van der Waals surface area contributed by atoms with E-state index in [1.54, 1.807) is 6.20 Å². The van der Waals surface area contributed by atoms with Gasteiger partial charge in [0.15, 0.2) is 0 Å². The first-order valence-electron chi connectivity index (χ1n) is 12.0. The summed E-state index contributed by atoms with van der Waals surface area (Å²) in [4.78, 5) is 19.8. The number of aryl methyl sites for hydroxylation is 1. The fraction of sp³-hybridized carbons (Fsp3) is 0.519. The van der Waals surface area contributed by atoms with Gasteiger partial charge in [-0.1, -0.05) is 27.7 Å². The maximum absolute atomic E-state index is 13.4. The van der Waals surface area contributed by atoms with Crippen LogP contribution in [-0.4, -0.2) is 44.8 Å². The highest BCUT2D eigenvalue weighted by Gasteiger charge is 2.19. The van der Waals surface area contributed by atoms with E-state index in [9.17, 15) is 4.79 Å². The highest BCUT2D eigenvalue weighted by Crippen LogP contribution is 2.29. The van der Waals surface area contributed by atoms with Crippen LogP contribution in [0.3, 0.4) is 0 Å². The summed E-state index contributed by atoms with van der Waals surface area (Å²) in [6.45, 7) is 14.3. The molecule has 0 fully saturated rings. The SMILES string of the molecule is CC(C)CCN(CCC(C)C)C(=O)c1ccc2c(-c3ccc(OC(C)C)nc3)nn(C)c2c1. The highest BCUT2D eigenvalue weighted by atomic mass is 16.5. The van der Waals surface area contributed by atoms with E-state index in [4.69, 9.17) is 9.84 Å². The van der Waals surface area contributed by atoms with Crippen molar-refractivity contribution in [2.45, 2.75) is 60.5 Å². The van der Waals surface area contributed by atoms with Gasteiger partial charge >= 0.3 is 0 Å². The molecule has 2 aromatic heterocycles. The van der Waals surface area contributed by atoms with Gasteiger partial charge in [-0.25, -0.2) is 4.98 Å². The number of nitrogens with zero attached hydrogens (tertiary/aromatic N) is 4. The van der Waals surface area contributed by atoms with E-state index in [1.165, 1.54) is 0 Å². The highest BCUT2D eigenvalue weighted by molar-refractivity contribution is 6.01. The molecule has 1 amide bonds. The molecule has 0 unspecified atom stereocenters. The van der Waals surface area contributed by atoms with E-state index in [1.807, 2.05) is 60.8 Å². The van der Waals surface area contributed by atoms with Gasteiger partial charge < -0.3 is 9.64 Å². The van der Waals surface area contributed by atoms with Gasteiger partial charge in [0.1, 0.15) is 5.69 Å². The van der Waals surface area contributed by atoms with Gasteiger partial charge in [0, 0.05) is 48.9 Å².